The topological polar surface area (TPSA) is 55.2 Å². The second-order valence-electron chi connectivity index (χ2n) is 4.29. The molecule has 0 spiro atoms. The van der Waals surface area contributed by atoms with Crippen LogP contribution in [0.3, 0.4) is 0 Å². The van der Waals surface area contributed by atoms with Crippen molar-refractivity contribution in [2.75, 3.05) is 12.9 Å². The van der Waals surface area contributed by atoms with Gasteiger partial charge in [-0.3, -0.25) is 4.68 Å². The normalized spacial score (nSPS) is 14.1. The molecule has 0 bridgehead atoms. The van der Waals surface area contributed by atoms with Gasteiger partial charge in [-0.2, -0.15) is 9.40 Å². The van der Waals surface area contributed by atoms with E-state index in [1.54, 1.807) is 7.05 Å². The van der Waals surface area contributed by atoms with Gasteiger partial charge in [0.25, 0.3) is 0 Å². The average Bonchev–Trinajstić information content (AvgIpc) is 2.78. The van der Waals surface area contributed by atoms with Crippen LogP contribution in [0.15, 0.2) is 17.3 Å². The summed E-state index contributed by atoms with van der Waals surface area (Å²) < 4.78 is 27.6. The molecule has 0 N–H and O–H groups in total. The van der Waals surface area contributed by atoms with E-state index in [9.17, 15) is 8.42 Å². The number of hydrogen-bond acceptors (Lipinski definition) is 3. The molecule has 0 aliphatic heterocycles. The van der Waals surface area contributed by atoms with Crippen molar-refractivity contribution in [3.8, 4) is 0 Å². The maximum atomic E-state index is 12.3. The number of nitrogens with zero attached hydrogens (tertiary/aromatic N) is 3. The molecule has 1 rings (SSSR count). The molecule has 1 atom stereocenters. The lowest BCUT2D eigenvalue weighted by molar-refractivity contribution is 0.368. The minimum Gasteiger partial charge on any atom is -0.270 e. The summed E-state index contributed by atoms with van der Waals surface area (Å²) in [5.41, 5.74) is 0. The van der Waals surface area contributed by atoms with Crippen molar-refractivity contribution in [1.29, 1.82) is 0 Å². The number of aryl methyl sites for hydroxylation is 1. The van der Waals surface area contributed by atoms with Gasteiger partial charge in [0, 0.05) is 25.2 Å². The van der Waals surface area contributed by atoms with E-state index in [1.807, 2.05) is 13.8 Å². The van der Waals surface area contributed by atoms with E-state index in [2.05, 4.69) is 5.10 Å². The summed E-state index contributed by atoms with van der Waals surface area (Å²) in [6.07, 6.45) is 4.68. The molecule has 1 aromatic rings. The third-order valence-corrected chi connectivity index (χ3v) is 5.02. The summed E-state index contributed by atoms with van der Waals surface area (Å²) in [5, 5.41) is 3.99. The molecular formula is C11H20ClN3O2S. The van der Waals surface area contributed by atoms with E-state index in [-0.39, 0.29) is 10.9 Å². The summed E-state index contributed by atoms with van der Waals surface area (Å²) in [6.45, 7) is 4.45. The predicted molar refractivity (Wildman–Crippen MR) is 72.3 cm³/mol. The molecule has 1 heterocycles. The molecule has 0 aliphatic carbocycles. The van der Waals surface area contributed by atoms with Crippen LogP contribution in [0.5, 0.6) is 0 Å². The van der Waals surface area contributed by atoms with E-state index >= 15 is 0 Å². The molecule has 5 nitrogen and oxygen atoms in total. The average molecular weight is 294 g/mol. The Kier molecular flexibility index (Phi) is 5.62. The van der Waals surface area contributed by atoms with Crippen molar-refractivity contribution in [3.63, 3.8) is 0 Å². The number of halogens is 1. The number of aromatic nitrogens is 2. The van der Waals surface area contributed by atoms with Gasteiger partial charge in [0.05, 0.1) is 12.7 Å². The van der Waals surface area contributed by atoms with Gasteiger partial charge in [-0.25, -0.2) is 8.42 Å². The molecule has 18 heavy (non-hydrogen) atoms. The lowest BCUT2D eigenvalue weighted by Crippen LogP contribution is -2.34. The predicted octanol–water partition coefficient (Wildman–Crippen LogP) is 1.93. The smallest absolute Gasteiger partial charge is 0.246 e. The molecule has 0 fully saturated rings. The van der Waals surface area contributed by atoms with E-state index in [1.165, 1.54) is 21.4 Å². The van der Waals surface area contributed by atoms with Gasteiger partial charge in [0.1, 0.15) is 4.90 Å². The first kappa shape index (κ1) is 15.5. The minimum absolute atomic E-state index is 0.0172. The zero-order chi connectivity index (χ0) is 13.8. The summed E-state index contributed by atoms with van der Waals surface area (Å²) in [5.74, 6) is 0.406. The van der Waals surface area contributed by atoms with Gasteiger partial charge in [0.2, 0.25) is 10.0 Å². The highest BCUT2D eigenvalue weighted by Gasteiger charge is 2.26. The van der Waals surface area contributed by atoms with Gasteiger partial charge in [-0.15, -0.1) is 11.6 Å². The molecular weight excluding hydrogens is 274 g/mol. The zero-order valence-electron chi connectivity index (χ0n) is 11.0. The highest BCUT2D eigenvalue weighted by molar-refractivity contribution is 7.89. The zero-order valence-corrected chi connectivity index (χ0v) is 12.6. The monoisotopic (exact) mass is 293 g/mol. The molecule has 0 aliphatic rings. The van der Waals surface area contributed by atoms with E-state index < -0.39 is 10.0 Å². The van der Waals surface area contributed by atoms with E-state index in [4.69, 9.17) is 11.6 Å². The van der Waals surface area contributed by atoms with Crippen LogP contribution in [-0.4, -0.2) is 41.5 Å². The Morgan fingerprint density at radius 3 is 2.78 bits per heavy atom. The number of rotatable bonds is 7. The Morgan fingerprint density at radius 1 is 1.56 bits per heavy atom. The Hall–Kier alpha value is -0.590. The number of hydrogen-bond donors (Lipinski definition) is 0. The highest BCUT2D eigenvalue weighted by Crippen LogP contribution is 2.17. The SMILES string of the molecule is CCCC(C)N(C)S(=O)(=O)c1cnn(CCCl)c1. The fourth-order valence-corrected chi connectivity index (χ4v) is 3.21. The fourth-order valence-electron chi connectivity index (χ4n) is 1.69. The highest BCUT2D eigenvalue weighted by atomic mass is 35.5. The molecule has 104 valence electrons. The summed E-state index contributed by atoms with van der Waals surface area (Å²) >= 11 is 5.59. The van der Waals surface area contributed by atoms with Gasteiger partial charge >= 0.3 is 0 Å². The molecule has 0 amide bonds. The van der Waals surface area contributed by atoms with E-state index in [0.717, 1.165) is 12.8 Å². The molecule has 0 saturated carbocycles. The summed E-state index contributed by atoms with van der Waals surface area (Å²) in [4.78, 5) is 0.220. The van der Waals surface area contributed by atoms with Crippen LogP contribution >= 0.6 is 11.6 Å². The van der Waals surface area contributed by atoms with Crippen molar-refractivity contribution in [3.05, 3.63) is 12.4 Å². The summed E-state index contributed by atoms with van der Waals surface area (Å²) in [6, 6.07) is -0.0172. The van der Waals surface area contributed by atoms with E-state index in [0.29, 0.717) is 12.4 Å². The summed E-state index contributed by atoms with van der Waals surface area (Å²) in [7, 11) is -1.85. The fraction of sp³-hybridized carbons (Fsp3) is 0.727. The van der Waals surface area contributed by atoms with Crippen molar-refractivity contribution >= 4 is 21.6 Å². The number of alkyl halides is 1. The lowest BCUT2D eigenvalue weighted by Gasteiger charge is -2.23. The van der Waals surface area contributed by atoms with Crippen LogP contribution in [0.2, 0.25) is 0 Å². The first-order chi connectivity index (χ1) is 8.43. The Balaban J connectivity index is 2.90. The van der Waals surface area contributed by atoms with Gasteiger partial charge in [-0.05, 0) is 13.3 Å². The second kappa shape index (κ2) is 6.54. The van der Waals surface area contributed by atoms with Gasteiger partial charge < -0.3 is 0 Å². The molecule has 0 radical (unpaired) electrons. The third-order valence-electron chi connectivity index (χ3n) is 2.93. The maximum Gasteiger partial charge on any atom is 0.246 e. The minimum atomic E-state index is -3.45. The standard InChI is InChI=1S/C11H20ClN3O2S/c1-4-5-10(2)14(3)18(16,17)11-8-13-15(9-11)7-6-12/h8-10H,4-7H2,1-3H3. The van der Waals surface area contributed by atoms with Crippen LogP contribution in [0, 0.1) is 0 Å². The van der Waals surface area contributed by atoms with Gasteiger partial charge in [0.15, 0.2) is 0 Å². The second-order valence-corrected chi connectivity index (χ2v) is 6.66. The molecule has 0 aromatic carbocycles. The Bertz CT molecular complexity index is 472. The maximum absolute atomic E-state index is 12.3. The number of sulfonamides is 1. The lowest BCUT2D eigenvalue weighted by atomic mass is 10.2. The molecule has 1 unspecified atom stereocenters. The van der Waals surface area contributed by atoms with Crippen LogP contribution < -0.4 is 0 Å². The van der Waals surface area contributed by atoms with Crippen LogP contribution in [0.25, 0.3) is 0 Å². The first-order valence-corrected chi connectivity index (χ1v) is 7.97. The van der Waals surface area contributed by atoms with Crippen molar-refractivity contribution < 1.29 is 8.42 Å². The first-order valence-electron chi connectivity index (χ1n) is 6.00. The van der Waals surface area contributed by atoms with Crippen molar-refractivity contribution in [2.24, 2.45) is 0 Å². The van der Waals surface area contributed by atoms with Crippen LogP contribution in [0.4, 0.5) is 0 Å². The van der Waals surface area contributed by atoms with Crippen molar-refractivity contribution in [2.45, 2.75) is 44.2 Å². The largest absolute Gasteiger partial charge is 0.270 e. The Morgan fingerprint density at radius 2 is 2.22 bits per heavy atom. The molecule has 0 saturated heterocycles. The quantitative estimate of drug-likeness (QED) is 0.722. The Labute approximate surface area is 114 Å². The van der Waals surface area contributed by atoms with Crippen molar-refractivity contribution in [1.82, 2.24) is 14.1 Å². The third kappa shape index (κ3) is 3.46. The molecule has 7 heteroatoms. The van der Waals surface area contributed by atoms with Crippen LogP contribution in [0.1, 0.15) is 26.7 Å². The van der Waals surface area contributed by atoms with Crippen LogP contribution in [-0.2, 0) is 16.6 Å². The molecule has 1 aromatic heterocycles. The van der Waals surface area contributed by atoms with Gasteiger partial charge in [-0.1, -0.05) is 13.3 Å².